The first-order valence-corrected chi connectivity index (χ1v) is 8.31. The van der Waals surface area contributed by atoms with Crippen molar-refractivity contribution in [3.8, 4) is 0 Å². The molecule has 1 aliphatic heterocycles. The Bertz CT molecular complexity index is 868. The van der Waals surface area contributed by atoms with Crippen LogP contribution in [0.1, 0.15) is 23.7 Å². The van der Waals surface area contributed by atoms with Crippen LogP contribution in [0, 0.1) is 11.6 Å². The predicted molar refractivity (Wildman–Crippen MR) is 90.7 cm³/mol. The van der Waals surface area contributed by atoms with Crippen LogP contribution in [0.2, 0.25) is 0 Å². The molecule has 3 aromatic rings. The molecule has 2 aromatic carbocycles. The highest BCUT2D eigenvalue weighted by molar-refractivity contribution is 5.28. The van der Waals surface area contributed by atoms with Gasteiger partial charge in [0, 0.05) is 13.5 Å². The monoisotopic (exact) mass is 356 g/mol. The molecule has 0 radical (unpaired) electrons. The molecule has 0 aliphatic carbocycles. The van der Waals surface area contributed by atoms with Gasteiger partial charge in [-0.1, -0.05) is 24.3 Å². The summed E-state index contributed by atoms with van der Waals surface area (Å²) in [6.45, 7) is 0.493. The quantitative estimate of drug-likeness (QED) is 0.718. The molecule has 2 heterocycles. The molecule has 1 aromatic heterocycles. The molecule has 0 saturated carbocycles. The first-order chi connectivity index (χ1) is 12.6. The number of rotatable bonds is 4. The van der Waals surface area contributed by atoms with Gasteiger partial charge in [0.15, 0.2) is 0 Å². The number of halogens is 2. The van der Waals surface area contributed by atoms with Crippen molar-refractivity contribution in [1.82, 2.24) is 19.8 Å². The molecule has 2 atom stereocenters. The first kappa shape index (κ1) is 16.8. The van der Waals surface area contributed by atoms with E-state index in [1.807, 2.05) is 7.05 Å². The minimum absolute atomic E-state index is 0.242. The van der Waals surface area contributed by atoms with Gasteiger partial charge in [-0.05, 0) is 35.4 Å². The highest BCUT2D eigenvalue weighted by Gasteiger charge is 2.47. The Labute approximate surface area is 149 Å². The first-order valence-electron chi connectivity index (χ1n) is 8.31. The summed E-state index contributed by atoms with van der Waals surface area (Å²) in [4.78, 5) is 10.1. The number of nitrogens with zero attached hydrogens (tertiary/aromatic N) is 4. The van der Waals surface area contributed by atoms with Gasteiger partial charge in [-0.15, -0.1) is 0 Å². The third kappa shape index (κ3) is 3.00. The van der Waals surface area contributed by atoms with E-state index >= 15 is 0 Å². The lowest BCUT2D eigenvalue weighted by atomic mass is 9.83. The van der Waals surface area contributed by atoms with Gasteiger partial charge in [-0.2, -0.15) is 10.2 Å². The maximum Gasteiger partial charge on any atom is 0.137 e. The van der Waals surface area contributed by atoms with Crippen molar-refractivity contribution in [2.45, 2.75) is 24.6 Å². The maximum absolute atomic E-state index is 13.4. The van der Waals surface area contributed by atoms with E-state index in [0.29, 0.717) is 13.0 Å². The van der Waals surface area contributed by atoms with E-state index in [1.54, 1.807) is 40.3 Å². The molecule has 0 bridgehead atoms. The number of hydrogen-bond acceptors (Lipinski definition) is 4. The normalized spacial score (nSPS) is 23.4. The van der Waals surface area contributed by atoms with Crippen molar-refractivity contribution in [3.05, 3.63) is 83.9 Å². The summed E-state index contributed by atoms with van der Waals surface area (Å²) >= 11 is 0. The molecule has 1 aliphatic rings. The lowest BCUT2D eigenvalue weighted by molar-refractivity contribution is -0.176. The number of aromatic nitrogens is 3. The minimum Gasteiger partial charge on any atom is -0.290 e. The van der Waals surface area contributed by atoms with Crippen LogP contribution >= 0.6 is 0 Å². The van der Waals surface area contributed by atoms with Gasteiger partial charge < -0.3 is 0 Å². The zero-order valence-electron chi connectivity index (χ0n) is 14.2. The molecular weight excluding hydrogens is 338 g/mol. The van der Waals surface area contributed by atoms with Crippen LogP contribution in [-0.4, -0.2) is 26.9 Å². The van der Waals surface area contributed by atoms with Crippen LogP contribution in [0.25, 0.3) is 0 Å². The Kier molecular flexibility index (Phi) is 4.26. The van der Waals surface area contributed by atoms with Crippen molar-refractivity contribution >= 4 is 0 Å². The largest absolute Gasteiger partial charge is 0.290 e. The van der Waals surface area contributed by atoms with Gasteiger partial charge in [0.1, 0.15) is 30.4 Å². The summed E-state index contributed by atoms with van der Waals surface area (Å²) < 4.78 is 28.4. The summed E-state index contributed by atoms with van der Waals surface area (Å²) in [6, 6.07) is 12.7. The zero-order valence-corrected chi connectivity index (χ0v) is 14.2. The second kappa shape index (κ2) is 6.59. The van der Waals surface area contributed by atoms with Gasteiger partial charge >= 0.3 is 0 Å². The Morgan fingerprint density at radius 3 is 2.35 bits per heavy atom. The second-order valence-electron chi connectivity index (χ2n) is 6.48. The smallest absolute Gasteiger partial charge is 0.137 e. The van der Waals surface area contributed by atoms with Crippen LogP contribution < -0.4 is 0 Å². The van der Waals surface area contributed by atoms with E-state index in [4.69, 9.17) is 4.84 Å². The highest BCUT2D eigenvalue weighted by atomic mass is 19.1. The lowest BCUT2D eigenvalue weighted by Gasteiger charge is -2.34. The van der Waals surface area contributed by atoms with Gasteiger partial charge in [0.25, 0.3) is 0 Å². The summed E-state index contributed by atoms with van der Waals surface area (Å²) in [6.07, 6.45) is 3.49. The van der Waals surface area contributed by atoms with Crippen molar-refractivity contribution in [2.75, 3.05) is 7.05 Å². The van der Waals surface area contributed by atoms with E-state index in [1.165, 1.54) is 30.6 Å². The summed E-state index contributed by atoms with van der Waals surface area (Å²) in [5, 5.41) is 6.00. The average Bonchev–Trinajstić information content (AvgIpc) is 3.25. The SMILES string of the molecule is CN1OC(c2ccc(F)cc2)CC1(Cn1cncn1)c1ccc(F)cc1. The molecule has 4 rings (SSSR count). The van der Waals surface area contributed by atoms with E-state index in [-0.39, 0.29) is 17.7 Å². The Hall–Kier alpha value is -2.64. The maximum atomic E-state index is 13.4. The van der Waals surface area contributed by atoms with Crippen LogP contribution in [0.15, 0.2) is 61.2 Å². The lowest BCUT2D eigenvalue weighted by Crippen LogP contribution is -2.41. The fourth-order valence-corrected chi connectivity index (χ4v) is 3.52. The van der Waals surface area contributed by atoms with E-state index in [9.17, 15) is 8.78 Å². The second-order valence-corrected chi connectivity index (χ2v) is 6.48. The molecule has 0 N–H and O–H groups in total. The van der Waals surface area contributed by atoms with Crippen molar-refractivity contribution < 1.29 is 13.6 Å². The number of hydrogen-bond donors (Lipinski definition) is 0. The van der Waals surface area contributed by atoms with Gasteiger partial charge in [-0.3, -0.25) is 9.52 Å². The molecule has 26 heavy (non-hydrogen) atoms. The van der Waals surface area contributed by atoms with Crippen LogP contribution in [0.4, 0.5) is 8.78 Å². The highest BCUT2D eigenvalue weighted by Crippen LogP contribution is 2.46. The Morgan fingerprint density at radius 2 is 1.73 bits per heavy atom. The molecule has 1 fully saturated rings. The average molecular weight is 356 g/mol. The topological polar surface area (TPSA) is 43.2 Å². The number of likely N-dealkylation sites (N-methyl/N-ethyl adjacent to an activating group) is 1. The summed E-state index contributed by atoms with van der Waals surface area (Å²) in [7, 11) is 1.85. The van der Waals surface area contributed by atoms with Crippen molar-refractivity contribution in [3.63, 3.8) is 0 Å². The van der Waals surface area contributed by atoms with E-state index in [2.05, 4.69) is 10.1 Å². The van der Waals surface area contributed by atoms with Crippen molar-refractivity contribution in [1.29, 1.82) is 0 Å². The molecule has 134 valence electrons. The summed E-state index contributed by atoms with van der Waals surface area (Å²) in [5.74, 6) is -0.575. The molecular formula is C19H18F2N4O. The summed E-state index contributed by atoms with van der Waals surface area (Å²) in [5.41, 5.74) is 1.25. The van der Waals surface area contributed by atoms with Crippen LogP contribution in [0.5, 0.6) is 0 Å². The van der Waals surface area contributed by atoms with Gasteiger partial charge in [0.05, 0.1) is 12.1 Å². The fourth-order valence-electron chi connectivity index (χ4n) is 3.52. The van der Waals surface area contributed by atoms with Gasteiger partial charge in [0.2, 0.25) is 0 Å². The third-order valence-corrected chi connectivity index (χ3v) is 4.92. The molecule has 0 spiro atoms. The van der Waals surface area contributed by atoms with E-state index in [0.717, 1.165) is 11.1 Å². The molecule has 0 amide bonds. The Morgan fingerprint density at radius 1 is 1.08 bits per heavy atom. The number of benzene rings is 2. The molecule has 7 heteroatoms. The van der Waals surface area contributed by atoms with Crippen LogP contribution in [0.3, 0.4) is 0 Å². The number of hydroxylamine groups is 2. The predicted octanol–water partition coefficient (Wildman–Crippen LogP) is 3.46. The zero-order chi connectivity index (χ0) is 18.1. The molecule has 5 nitrogen and oxygen atoms in total. The fraction of sp³-hybridized carbons (Fsp3) is 0.263. The van der Waals surface area contributed by atoms with Crippen molar-refractivity contribution in [2.24, 2.45) is 0 Å². The van der Waals surface area contributed by atoms with Gasteiger partial charge in [-0.25, -0.2) is 13.8 Å². The molecule has 1 saturated heterocycles. The minimum atomic E-state index is -0.555. The Balaban J connectivity index is 1.72. The standard InChI is InChI=1S/C19H18F2N4O/c1-24-19(11-25-13-22-12-23-25,15-4-8-17(21)9-5-15)10-18(26-24)14-2-6-16(20)7-3-14/h2-9,12-13,18H,10-11H2,1H3. The van der Waals surface area contributed by atoms with E-state index < -0.39 is 5.54 Å². The molecule has 2 unspecified atom stereocenters. The van der Waals surface area contributed by atoms with Crippen LogP contribution in [-0.2, 0) is 16.9 Å². The third-order valence-electron chi connectivity index (χ3n) is 4.92.